The van der Waals surface area contributed by atoms with E-state index in [4.69, 9.17) is 9.47 Å². The highest BCUT2D eigenvalue weighted by atomic mass is 16.5. The van der Waals surface area contributed by atoms with Crippen molar-refractivity contribution < 1.29 is 19.4 Å². The lowest BCUT2D eigenvalue weighted by molar-refractivity contribution is 0.0691. The predicted molar refractivity (Wildman–Crippen MR) is 109 cm³/mol. The molecule has 144 valence electrons. The molecule has 0 aliphatic rings. The number of hydrogen-bond acceptors (Lipinski definition) is 3. The lowest BCUT2D eigenvalue weighted by Crippen LogP contribution is -2.08. The number of aromatic carboxylic acids is 1. The Morgan fingerprint density at radius 3 is 2.18 bits per heavy atom. The fourth-order valence-electron chi connectivity index (χ4n) is 3.04. The maximum atomic E-state index is 11.7. The fraction of sp³-hybridized carbons (Fsp3) is 0.208. The molecule has 0 saturated carbocycles. The van der Waals surface area contributed by atoms with Crippen LogP contribution in [0.3, 0.4) is 0 Å². The van der Waals surface area contributed by atoms with Crippen LogP contribution in [-0.4, -0.2) is 17.7 Å². The quantitative estimate of drug-likeness (QED) is 0.516. The van der Waals surface area contributed by atoms with E-state index >= 15 is 0 Å². The Balaban J connectivity index is 1.66. The average Bonchev–Trinajstić information content (AvgIpc) is 2.70. The lowest BCUT2D eigenvalue weighted by Gasteiger charge is -2.14. The Hall–Kier alpha value is -3.27. The summed E-state index contributed by atoms with van der Waals surface area (Å²) < 4.78 is 11.7. The van der Waals surface area contributed by atoms with Crippen molar-refractivity contribution in [2.24, 2.45) is 0 Å². The van der Waals surface area contributed by atoms with E-state index in [-0.39, 0.29) is 5.56 Å². The molecule has 0 radical (unpaired) electrons. The second kappa shape index (κ2) is 9.60. The molecule has 0 aliphatic heterocycles. The number of ether oxygens (including phenoxy) is 2. The van der Waals surface area contributed by atoms with Crippen LogP contribution in [0.2, 0.25) is 0 Å². The Labute approximate surface area is 165 Å². The number of hydrogen-bond donors (Lipinski definition) is 1. The molecule has 0 spiro atoms. The van der Waals surface area contributed by atoms with E-state index in [0.29, 0.717) is 30.3 Å². The molecule has 1 N–H and O–H groups in total. The molecule has 0 aromatic heterocycles. The summed E-state index contributed by atoms with van der Waals surface area (Å²) >= 11 is 0. The van der Waals surface area contributed by atoms with Gasteiger partial charge in [0.2, 0.25) is 0 Å². The first-order valence-corrected chi connectivity index (χ1v) is 9.35. The van der Waals surface area contributed by atoms with Crippen molar-refractivity contribution in [3.05, 3.63) is 95.1 Å². The molecule has 0 amide bonds. The fourth-order valence-corrected chi connectivity index (χ4v) is 3.04. The summed E-state index contributed by atoms with van der Waals surface area (Å²) in [5, 5.41) is 9.56. The van der Waals surface area contributed by atoms with E-state index in [0.717, 1.165) is 18.4 Å². The molecule has 0 unspecified atom stereocenters. The molecular weight excluding hydrogens is 352 g/mol. The third kappa shape index (κ3) is 5.36. The van der Waals surface area contributed by atoms with Crippen LogP contribution in [0.5, 0.6) is 11.5 Å². The van der Waals surface area contributed by atoms with Gasteiger partial charge >= 0.3 is 5.97 Å². The molecule has 0 bridgehead atoms. The minimum absolute atomic E-state index is 0.187. The van der Waals surface area contributed by atoms with Gasteiger partial charge in [-0.3, -0.25) is 0 Å². The Kier molecular flexibility index (Phi) is 6.68. The van der Waals surface area contributed by atoms with Gasteiger partial charge in [0.05, 0.1) is 6.61 Å². The molecule has 28 heavy (non-hydrogen) atoms. The van der Waals surface area contributed by atoms with Crippen molar-refractivity contribution in [2.45, 2.75) is 26.4 Å². The average molecular weight is 376 g/mol. The number of aryl methyl sites for hydroxylation is 2. The summed E-state index contributed by atoms with van der Waals surface area (Å²) in [7, 11) is 0. The van der Waals surface area contributed by atoms with Gasteiger partial charge in [-0.05, 0) is 42.5 Å². The Bertz CT molecular complexity index is 905. The largest absolute Gasteiger partial charge is 0.493 e. The van der Waals surface area contributed by atoms with E-state index in [2.05, 4.69) is 12.1 Å². The van der Waals surface area contributed by atoms with Crippen molar-refractivity contribution in [3.8, 4) is 11.5 Å². The minimum Gasteiger partial charge on any atom is -0.493 e. The number of carbonyl (C=O) groups is 1. The van der Waals surface area contributed by atoms with Crippen LogP contribution >= 0.6 is 0 Å². The molecule has 0 heterocycles. The molecule has 4 nitrogen and oxygen atoms in total. The van der Waals surface area contributed by atoms with Gasteiger partial charge in [-0.1, -0.05) is 60.7 Å². The zero-order chi connectivity index (χ0) is 19.8. The van der Waals surface area contributed by atoms with Gasteiger partial charge in [0.1, 0.15) is 23.7 Å². The summed E-state index contributed by atoms with van der Waals surface area (Å²) in [4.78, 5) is 11.7. The molecule has 0 atom stereocenters. The first-order valence-electron chi connectivity index (χ1n) is 9.35. The minimum atomic E-state index is -0.995. The van der Waals surface area contributed by atoms with E-state index in [1.165, 1.54) is 5.56 Å². The second-order valence-electron chi connectivity index (χ2n) is 6.63. The number of benzene rings is 3. The van der Waals surface area contributed by atoms with Crippen molar-refractivity contribution in [3.63, 3.8) is 0 Å². The van der Waals surface area contributed by atoms with Gasteiger partial charge in [0, 0.05) is 6.07 Å². The normalized spacial score (nSPS) is 10.5. The molecule has 3 rings (SSSR count). The standard InChI is InChI=1S/C24H24O4/c1-18-15-21(28-17-20-11-6-3-7-12-20)16-22(23(18)24(25)26)27-14-8-13-19-9-4-2-5-10-19/h2-7,9-12,15-16H,8,13-14,17H2,1H3,(H,25,26). The summed E-state index contributed by atoms with van der Waals surface area (Å²) in [5.41, 5.74) is 3.09. The summed E-state index contributed by atoms with van der Waals surface area (Å²) in [6.45, 7) is 2.62. The highest BCUT2D eigenvalue weighted by Crippen LogP contribution is 2.29. The van der Waals surface area contributed by atoms with E-state index in [1.807, 2.05) is 48.5 Å². The zero-order valence-electron chi connectivity index (χ0n) is 15.9. The molecule has 3 aromatic rings. The van der Waals surface area contributed by atoms with Crippen LogP contribution < -0.4 is 9.47 Å². The van der Waals surface area contributed by atoms with Crippen molar-refractivity contribution >= 4 is 5.97 Å². The first kappa shape index (κ1) is 19.5. The van der Waals surface area contributed by atoms with E-state index in [1.54, 1.807) is 19.1 Å². The van der Waals surface area contributed by atoms with Crippen LogP contribution in [0, 0.1) is 6.92 Å². The van der Waals surface area contributed by atoms with E-state index in [9.17, 15) is 9.90 Å². The number of rotatable bonds is 9. The highest BCUT2D eigenvalue weighted by molar-refractivity contribution is 5.93. The van der Waals surface area contributed by atoms with Gasteiger partial charge in [0.15, 0.2) is 0 Å². The van der Waals surface area contributed by atoms with Crippen LogP contribution in [-0.2, 0) is 13.0 Å². The first-order chi connectivity index (χ1) is 13.6. The topological polar surface area (TPSA) is 55.8 Å². The molecular formula is C24H24O4. The van der Waals surface area contributed by atoms with Gasteiger partial charge < -0.3 is 14.6 Å². The maximum Gasteiger partial charge on any atom is 0.339 e. The smallest absolute Gasteiger partial charge is 0.339 e. The predicted octanol–water partition coefficient (Wildman–Crippen LogP) is 5.28. The molecule has 4 heteroatoms. The van der Waals surface area contributed by atoms with E-state index < -0.39 is 5.97 Å². The number of carboxylic acids is 1. The van der Waals surface area contributed by atoms with Crippen molar-refractivity contribution in [1.82, 2.24) is 0 Å². The van der Waals surface area contributed by atoms with Crippen LogP contribution in [0.1, 0.15) is 33.5 Å². The highest BCUT2D eigenvalue weighted by Gasteiger charge is 2.17. The molecule has 0 saturated heterocycles. The van der Waals surface area contributed by atoms with Gasteiger partial charge in [-0.2, -0.15) is 0 Å². The Morgan fingerprint density at radius 2 is 1.54 bits per heavy atom. The van der Waals surface area contributed by atoms with Crippen LogP contribution in [0.15, 0.2) is 72.8 Å². The van der Waals surface area contributed by atoms with Crippen LogP contribution in [0.4, 0.5) is 0 Å². The van der Waals surface area contributed by atoms with Crippen molar-refractivity contribution in [1.29, 1.82) is 0 Å². The zero-order valence-corrected chi connectivity index (χ0v) is 15.9. The van der Waals surface area contributed by atoms with Crippen LogP contribution in [0.25, 0.3) is 0 Å². The summed E-state index contributed by atoms with van der Waals surface area (Å²) in [6, 6.07) is 23.4. The van der Waals surface area contributed by atoms with Crippen molar-refractivity contribution in [2.75, 3.05) is 6.61 Å². The van der Waals surface area contributed by atoms with Gasteiger partial charge in [0.25, 0.3) is 0 Å². The summed E-state index contributed by atoms with van der Waals surface area (Å²) in [5.74, 6) is -0.0433. The maximum absolute atomic E-state index is 11.7. The summed E-state index contributed by atoms with van der Waals surface area (Å²) in [6.07, 6.45) is 1.68. The van der Waals surface area contributed by atoms with Gasteiger partial charge in [-0.15, -0.1) is 0 Å². The van der Waals surface area contributed by atoms with Gasteiger partial charge in [-0.25, -0.2) is 4.79 Å². The Morgan fingerprint density at radius 1 is 0.893 bits per heavy atom. The third-order valence-electron chi connectivity index (χ3n) is 4.45. The molecule has 0 fully saturated rings. The second-order valence-corrected chi connectivity index (χ2v) is 6.63. The molecule has 3 aromatic carbocycles. The number of carboxylic acid groups (broad SMARTS) is 1. The lowest BCUT2D eigenvalue weighted by atomic mass is 10.1. The molecule has 0 aliphatic carbocycles. The SMILES string of the molecule is Cc1cc(OCc2ccccc2)cc(OCCCc2ccccc2)c1C(=O)O. The monoisotopic (exact) mass is 376 g/mol. The third-order valence-corrected chi connectivity index (χ3v) is 4.45.